The lowest BCUT2D eigenvalue weighted by atomic mass is 9.63. The van der Waals surface area contributed by atoms with E-state index in [0.717, 1.165) is 12.8 Å². The van der Waals surface area contributed by atoms with Crippen LogP contribution in [0, 0.1) is 23.7 Å². The molecule has 4 atom stereocenters. The predicted octanol–water partition coefficient (Wildman–Crippen LogP) is 3.70. The Kier molecular flexibility index (Phi) is 2.92. The fourth-order valence-electron chi connectivity index (χ4n) is 3.97. The number of hydrogen-bond acceptors (Lipinski definition) is 2. The number of carbonyl (C=O) groups excluding carboxylic acids is 2. The van der Waals surface area contributed by atoms with Crippen LogP contribution in [-0.2, 0) is 9.59 Å². The van der Waals surface area contributed by atoms with E-state index in [2.05, 4.69) is 12.2 Å². The zero-order valence-corrected chi connectivity index (χ0v) is 12.6. The first-order chi connectivity index (χ1) is 10.1. The smallest absolute Gasteiger partial charge is 0.238 e. The van der Waals surface area contributed by atoms with Crippen LogP contribution in [0.5, 0.6) is 0 Å². The van der Waals surface area contributed by atoms with Crippen molar-refractivity contribution in [2.45, 2.75) is 12.8 Å². The molecule has 0 spiro atoms. The van der Waals surface area contributed by atoms with E-state index in [1.807, 2.05) is 0 Å². The SMILES string of the molecule is O=C1[C@@H]2[C@@H](C(=O)N1c1ccc(Cl)cc1Cl)[C@H]1C=C[C@H]2CC1. The van der Waals surface area contributed by atoms with Gasteiger partial charge >= 0.3 is 0 Å². The number of halogens is 2. The Morgan fingerprint density at radius 3 is 2.00 bits per heavy atom. The molecule has 0 unspecified atom stereocenters. The number of hydrogen-bond donors (Lipinski definition) is 0. The summed E-state index contributed by atoms with van der Waals surface area (Å²) < 4.78 is 0. The molecule has 1 aromatic rings. The largest absolute Gasteiger partial charge is 0.274 e. The Hall–Kier alpha value is -1.32. The average molecular weight is 322 g/mol. The number of rotatable bonds is 1. The molecule has 3 aliphatic carbocycles. The molecule has 108 valence electrons. The summed E-state index contributed by atoms with van der Waals surface area (Å²) >= 11 is 12.1. The number of imide groups is 1. The van der Waals surface area contributed by atoms with Crippen LogP contribution in [-0.4, -0.2) is 11.8 Å². The van der Waals surface area contributed by atoms with Crippen LogP contribution < -0.4 is 4.90 Å². The van der Waals surface area contributed by atoms with Gasteiger partial charge in [0.05, 0.1) is 22.5 Å². The highest BCUT2D eigenvalue weighted by Crippen LogP contribution is 2.51. The molecule has 2 amide bonds. The van der Waals surface area contributed by atoms with Gasteiger partial charge in [-0.05, 0) is 42.9 Å². The van der Waals surface area contributed by atoms with Crippen LogP contribution in [0.1, 0.15) is 12.8 Å². The van der Waals surface area contributed by atoms with Crippen LogP contribution in [0.25, 0.3) is 0 Å². The monoisotopic (exact) mass is 321 g/mol. The molecule has 0 radical (unpaired) electrons. The minimum atomic E-state index is -0.215. The van der Waals surface area contributed by atoms with E-state index in [-0.39, 0.29) is 35.5 Å². The summed E-state index contributed by atoms with van der Waals surface area (Å²) in [4.78, 5) is 26.8. The Bertz CT molecular complexity index is 653. The van der Waals surface area contributed by atoms with Crippen LogP contribution >= 0.6 is 23.2 Å². The highest BCUT2D eigenvalue weighted by molar-refractivity contribution is 6.38. The Balaban J connectivity index is 1.78. The van der Waals surface area contributed by atoms with E-state index in [9.17, 15) is 9.59 Å². The standard InChI is InChI=1S/C16H13Cl2NO2/c17-10-5-6-12(11(18)7-10)19-15(20)13-8-1-2-9(4-3-8)14(13)16(19)21/h1-2,5-9,13-14H,3-4H2/t8-,9-,13-,14-/m0/s1. The summed E-state index contributed by atoms with van der Waals surface area (Å²) in [5, 5.41) is 0.824. The van der Waals surface area contributed by atoms with E-state index in [0.29, 0.717) is 15.7 Å². The summed E-state index contributed by atoms with van der Waals surface area (Å²) in [5.41, 5.74) is 0.449. The third-order valence-electron chi connectivity index (χ3n) is 4.91. The van der Waals surface area contributed by atoms with Crippen molar-refractivity contribution in [1.29, 1.82) is 0 Å². The zero-order valence-electron chi connectivity index (χ0n) is 11.1. The van der Waals surface area contributed by atoms with E-state index in [1.54, 1.807) is 18.2 Å². The molecule has 3 nitrogen and oxygen atoms in total. The molecular weight excluding hydrogens is 309 g/mol. The second-order valence-electron chi connectivity index (χ2n) is 5.95. The lowest BCUT2D eigenvalue weighted by Gasteiger charge is -2.38. The van der Waals surface area contributed by atoms with E-state index in [1.165, 1.54) is 4.90 Å². The molecule has 0 aromatic heterocycles. The van der Waals surface area contributed by atoms with Gasteiger partial charge < -0.3 is 0 Å². The molecule has 2 fully saturated rings. The minimum absolute atomic E-state index is 0.117. The summed E-state index contributed by atoms with van der Waals surface area (Å²) in [6.07, 6.45) is 6.19. The quantitative estimate of drug-likeness (QED) is 0.584. The molecule has 5 rings (SSSR count). The number of nitrogens with zero attached hydrogens (tertiary/aromatic N) is 1. The highest BCUT2D eigenvalue weighted by Gasteiger charge is 2.57. The molecule has 1 aromatic carbocycles. The van der Waals surface area contributed by atoms with E-state index < -0.39 is 0 Å². The van der Waals surface area contributed by atoms with Crippen molar-refractivity contribution >= 4 is 40.7 Å². The maximum atomic E-state index is 12.8. The molecule has 2 bridgehead atoms. The van der Waals surface area contributed by atoms with Gasteiger partial charge in [0.2, 0.25) is 11.8 Å². The van der Waals surface area contributed by atoms with Gasteiger partial charge in [-0.2, -0.15) is 0 Å². The number of carbonyl (C=O) groups is 2. The van der Waals surface area contributed by atoms with Crippen molar-refractivity contribution in [1.82, 2.24) is 0 Å². The average Bonchev–Trinajstić information content (AvgIpc) is 2.75. The number of amides is 2. The third-order valence-corrected chi connectivity index (χ3v) is 5.45. The molecular formula is C16H13Cl2NO2. The molecule has 0 N–H and O–H groups in total. The van der Waals surface area contributed by atoms with Gasteiger partial charge in [0, 0.05) is 5.02 Å². The summed E-state index contributed by atoms with van der Waals surface area (Å²) in [6.45, 7) is 0. The van der Waals surface area contributed by atoms with Gasteiger partial charge in [-0.15, -0.1) is 0 Å². The van der Waals surface area contributed by atoms with Gasteiger partial charge in [-0.25, -0.2) is 4.90 Å². The molecule has 1 aliphatic heterocycles. The van der Waals surface area contributed by atoms with Gasteiger partial charge in [0.25, 0.3) is 0 Å². The Labute approximate surface area is 132 Å². The maximum absolute atomic E-state index is 12.8. The molecule has 4 aliphatic rings. The Morgan fingerprint density at radius 2 is 1.52 bits per heavy atom. The number of benzene rings is 1. The van der Waals surface area contributed by atoms with Crippen molar-refractivity contribution in [2.24, 2.45) is 23.7 Å². The highest BCUT2D eigenvalue weighted by atomic mass is 35.5. The predicted molar refractivity (Wildman–Crippen MR) is 81.3 cm³/mol. The molecule has 5 heteroatoms. The van der Waals surface area contributed by atoms with Crippen LogP contribution in [0.3, 0.4) is 0 Å². The molecule has 21 heavy (non-hydrogen) atoms. The van der Waals surface area contributed by atoms with Gasteiger partial charge in [-0.1, -0.05) is 35.4 Å². The second kappa shape index (κ2) is 4.59. The topological polar surface area (TPSA) is 37.4 Å². The first-order valence-corrected chi connectivity index (χ1v) is 7.84. The minimum Gasteiger partial charge on any atom is -0.274 e. The van der Waals surface area contributed by atoms with Gasteiger partial charge in [-0.3, -0.25) is 9.59 Å². The van der Waals surface area contributed by atoms with Crippen molar-refractivity contribution in [3.05, 3.63) is 40.4 Å². The zero-order chi connectivity index (χ0) is 14.7. The third kappa shape index (κ3) is 1.80. The number of anilines is 1. The van der Waals surface area contributed by atoms with Gasteiger partial charge in [0.15, 0.2) is 0 Å². The molecule has 1 saturated carbocycles. The lowest BCUT2D eigenvalue weighted by molar-refractivity contribution is -0.124. The lowest BCUT2D eigenvalue weighted by Crippen LogP contribution is -2.38. The van der Waals surface area contributed by atoms with Crippen molar-refractivity contribution in [3.63, 3.8) is 0 Å². The first kappa shape index (κ1) is 13.4. The number of fused-ring (bicyclic) bond motifs is 1. The fourth-order valence-corrected chi connectivity index (χ4v) is 4.47. The van der Waals surface area contributed by atoms with Gasteiger partial charge in [0.1, 0.15) is 0 Å². The van der Waals surface area contributed by atoms with Crippen LogP contribution in [0.15, 0.2) is 30.4 Å². The normalized spacial score (nSPS) is 33.7. The van der Waals surface area contributed by atoms with Crippen LogP contribution in [0.2, 0.25) is 10.0 Å². The van der Waals surface area contributed by atoms with E-state index >= 15 is 0 Å². The first-order valence-electron chi connectivity index (χ1n) is 7.09. The van der Waals surface area contributed by atoms with Crippen molar-refractivity contribution in [3.8, 4) is 0 Å². The molecule has 1 saturated heterocycles. The van der Waals surface area contributed by atoms with E-state index in [4.69, 9.17) is 23.2 Å². The molecule has 1 heterocycles. The fraction of sp³-hybridized carbons (Fsp3) is 0.375. The summed E-state index contributed by atoms with van der Waals surface area (Å²) in [6, 6.07) is 4.86. The van der Waals surface area contributed by atoms with Crippen molar-refractivity contribution in [2.75, 3.05) is 4.90 Å². The Morgan fingerprint density at radius 1 is 0.952 bits per heavy atom. The number of allylic oxidation sites excluding steroid dienone is 2. The van der Waals surface area contributed by atoms with Crippen LogP contribution in [0.4, 0.5) is 5.69 Å². The summed E-state index contributed by atoms with van der Waals surface area (Å²) in [5.74, 6) is -0.289. The maximum Gasteiger partial charge on any atom is 0.238 e. The second-order valence-corrected chi connectivity index (χ2v) is 6.79. The summed E-state index contributed by atoms with van der Waals surface area (Å²) in [7, 11) is 0. The van der Waals surface area contributed by atoms with Crippen molar-refractivity contribution < 1.29 is 9.59 Å².